The van der Waals surface area contributed by atoms with Crippen LogP contribution in [0.4, 0.5) is 5.69 Å². The summed E-state index contributed by atoms with van der Waals surface area (Å²) in [7, 11) is 0. The standard InChI is InChI=1S/C18H17N3O3/c1-2-20-17(22)12-24-16-8-4-7-15(10-16)21-18(23)14-6-3-5-13(9-14)11-19/h3-10H,2,12H2,1H3,(H,20,22)(H,21,23). The van der Waals surface area contributed by atoms with Gasteiger partial charge in [0.15, 0.2) is 6.61 Å². The first-order chi connectivity index (χ1) is 11.6. The number of likely N-dealkylation sites (N-methyl/N-ethyl adjacent to an activating group) is 1. The molecule has 0 radical (unpaired) electrons. The summed E-state index contributed by atoms with van der Waals surface area (Å²) in [4.78, 5) is 23.6. The van der Waals surface area contributed by atoms with Gasteiger partial charge in [0.1, 0.15) is 5.75 Å². The molecule has 2 aromatic carbocycles. The molecule has 0 fully saturated rings. The molecule has 2 amide bonds. The maximum Gasteiger partial charge on any atom is 0.257 e. The molecule has 0 unspecified atom stereocenters. The number of rotatable bonds is 6. The maximum absolute atomic E-state index is 12.2. The quantitative estimate of drug-likeness (QED) is 0.853. The summed E-state index contributed by atoms with van der Waals surface area (Å²) in [5.41, 5.74) is 1.35. The van der Waals surface area contributed by atoms with E-state index in [-0.39, 0.29) is 18.4 Å². The van der Waals surface area contributed by atoms with Crippen LogP contribution in [0.5, 0.6) is 5.75 Å². The largest absolute Gasteiger partial charge is 0.484 e. The van der Waals surface area contributed by atoms with Gasteiger partial charge in [0.25, 0.3) is 11.8 Å². The summed E-state index contributed by atoms with van der Waals surface area (Å²) in [6.07, 6.45) is 0. The number of anilines is 1. The second-order valence-corrected chi connectivity index (χ2v) is 4.92. The molecule has 0 aliphatic carbocycles. The predicted molar refractivity (Wildman–Crippen MR) is 89.7 cm³/mol. The number of nitrogens with zero attached hydrogens (tertiary/aromatic N) is 1. The number of hydrogen-bond acceptors (Lipinski definition) is 4. The Morgan fingerprint density at radius 1 is 1.17 bits per heavy atom. The van der Waals surface area contributed by atoms with E-state index < -0.39 is 0 Å². The smallest absolute Gasteiger partial charge is 0.257 e. The normalized spacial score (nSPS) is 9.67. The molecule has 0 saturated heterocycles. The number of nitriles is 1. The first-order valence-corrected chi connectivity index (χ1v) is 7.43. The first-order valence-electron chi connectivity index (χ1n) is 7.43. The van der Waals surface area contributed by atoms with Crippen molar-refractivity contribution in [1.82, 2.24) is 5.32 Å². The molecule has 122 valence electrons. The number of carbonyl (C=O) groups is 2. The molecular formula is C18H17N3O3. The second kappa shape index (κ2) is 8.34. The Labute approximate surface area is 140 Å². The van der Waals surface area contributed by atoms with E-state index in [9.17, 15) is 9.59 Å². The Bertz CT molecular complexity index is 781. The minimum absolute atomic E-state index is 0.0878. The van der Waals surface area contributed by atoms with Crippen LogP contribution < -0.4 is 15.4 Å². The van der Waals surface area contributed by atoms with E-state index in [4.69, 9.17) is 10.00 Å². The van der Waals surface area contributed by atoms with Crippen LogP contribution in [0, 0.1) is 11.3 Å². The van der Waals surface area contributed by atoms with Crippen LogP contribution in [0.15, 0.2) is 48.5 Å². The van der Waals surface area contributed by atoms with Crippen molar-refractivity contribution < 1.29 is 14.3 Å². The summed E-state index contributed by atoms with van der Waals surface area (Å²) >= 11 is 0. The van der Waals surface area contributed by atoms with Crippen LogP contribution in [0.1, 0.15) is 22.8 Å². The van der Waals surface area contributed by atoms with Crippen LogP contribution >= 0.6 is 0 Å². The minimum Gasteiger partial charge on any atom is -0.484 e. The molecule has 0 aliphatic rings. The van der Waals surface area contributed by atoms with Gasteiger partial charge in [-0.25, -0.2) is 0 Å². The highest BCUT2D eigenvalue weighted by atomic mass is 16.5. The Morgan fingerprint density at radius 2 is 1.96 bits per heavy atom. The Hall–Kier alpha value is -3.33. The third-order valence-corrected chi connectivity index (χ3v) is 3.09. The fourth-order valence-electron chi connectivity index (χ4n) is 1.99. The third kappa shape index (κ3) is 4.85. The number of hydrogen-bond donors (Lipinski definition) is 2. The molecule has 2 N–H and O–H groups in total. The zero-order chi connectivity index (χ0) is 17.4. The zero-order valence-electron chi connectivity index (χ0n) is 13.2. The molecular weight excluding hydrogens is 306 g/mol. The van der Waals surface area contributed by atoms with Gasteiger partial charge >= 0.3 is 0 Å². The Morgan fingerprint density at radius 3 is 2.71 bits per heavy atom. The number of amides is 2. The molecule has 24 heavy (non-hydrogen) atoms. The van der Waals surface area contributed by atoms with Crippen molar-refractivity contribution in [2.45, 2.75) is 6.92 Å². The lowest BCUT2D eigenvalue weighted by molar-refractivity contribution is -0.122. The van der Waals surface area contributed by atoms with Crippen molar-refractivity contribution in [1.29, 1.82) is 5.26 Å². The van der Waals surface area contributed by atoms with E-state index >= 15 is 0 Å². The average Bonchev–Trinajstić information content (AvgIpc) is 2.60. The SMILES string of the molecule is CCNC(=O)COc1cccc(NC(=O)c2cccc(C#N)c2)c1. The fourth-order valence-corrected chi connectivity index (χ4v) is 1.99. The van der Waals surface area contributed by atoms with Crippen molar-refractivity contribution in [3.8, 4) is 11.8 Å². The number of nitrogens with one attached hydrogen (secondary N) is 2. The highest BCUT2D eigenvalue weighted by molar-refractivity contribution is 6.04. The van der Waals surface area contributed by atoms with Gasteiger partial charge < -0.3 is 15.4 Å². The summed E-state index contributed by atoms with van der Waals surface area (Å²) in [5.74, 6) is -0.0574. The lowest BCUT2D eigenvalue weighted by Crippen LogP contribution is -2.28. The monoisotopic (exact) mass is 323 g/mol. The zero-order valence-corrected chi connectivity index (χ0v) is 13.2. The molecule has 6 nitrogen and oxygen atoms in total. The van der Waals surface area contributed by atoms with Crippen LogP contribution in [0.25, 0.3) is 0 Å². The number of benzene rings is 2. The van der Waals surface area contributed by atoms with Gasteiger partial charge in [-0.05, 0) is 37.3 Å². The molecule has 0 aliphatic heterocycles. The van der Waals surface area contributed by atoms with Crippen molar-refractivity contribution in [2.75, 3.05) is 18.5 Å². The molecule has 0 aromatic heterocycles. The summed E-state index contributed by atoms with van der Waals surface area (Å²) in [5, 5.41) is 14.2. The van der Waals surface area contributed by atoms with Crippen LogP contribution in [0.3, 0.4) is 0 Å². The van der Waals surface area contributed by atoms with Gasteiger partial charge in [0.05, 0.1) is 11.6 Å². The molecule has 0 heterocycles. The van der Waals surface area contributed by atoms with Crippen molar-refractivity contribution in [2.24, 2.45) is 0 Å². The molecule has 0 bridgehead atoms. The first kappa shape index (κ1) is 17.0. The summed E-state index contributed by atoms with van der Waals surface area (Å²) in [6, 6.07) is 15.2. The van der Waals surface area contributed by atoms with Gasteiger partial charge in [-0.15, -0.1) is 0 Å². The average molecular weight is 323 g/mol. The highest BCUT2D eigenvalue weighted by Crippen LogP contribution is 2.18. The third-order valence-electron chi connectivity index (χ3n) is 3.09. The van der Waals surface area contributed by atoms with Crippen LogP contribution in [0.2, 0.25) is 0 Å². The van der Waals surface area contributed by atoms with Gasteiger partial charge in [0.2, 0.25) is 0 Å². The van der Waals surface area contributed by atoms with E-state index in [0.717, 1.165) is 0 Å². The molecule has 0 saturated carbocycles. The molecule has 0 spiro atoms. The molecule has 2 rings (SSSR count). The Balaban J connectivity index is 2.02. The predicted octanol–water partition coefficient (Wildman–Crippen LogP) is 2.33. The van der Waals surface area contributed by atoms with Crippen molar-refractivity contribution in [3.63, 3.8) is 0 Å². The van der Waals surface area contributed by atoms with Crippen molar-refractivity contribution in [3.05, 3.63) is 59.7 Å². The molecule has 0 atom stereocenters. The van der Waals surface area contributed by atoms with E-state index in [2.05, 4.69) is 10.6 Å². The van der Waals surface area contributed by atoms with E-state index in [0.29, 0.717) is 29.1 Å². The Kier molecular flexibility index (Phi) is 5.92. The topological polar surface area (TPSA) is 91.2 Å². The molecule has 2 aromatic rings. The van der Waals surface area contributed by atoms with Gasteiger partial charge in [-0.1, -0.05) is 12.1 Å². The highest BCUT2D eigenvalue weighted by Gasteiger charge is 2.08. The summed E-state index contributed by atoms with van der Waals surface area (Å²) < 4.78 is 5.38. The molecule has 6 heteroatoms. The van der Waals surface area contributed by atoms with E-state index in [1.807, 2.05) is 13.0 Å². The lowest BCUT2D eigenvalue weighted by atomic mass is 10.1. The second-order valence-electron chi connectivity index (χ2n) is 4.92. The van der Waals surface area contributed by atoms with Crippen LogP contribution in [-0.4, -0.2) is 25.0 Å². The van der Waals surface area contributed by atoms with Gasteiger partial charge in [-0.2, -0.15) is 5.26 Å². The number of carbonyl (C=O) groups excluding carboxylic acids is 2. The van der Waals surface area contributed by atoms with Crippen molar-refractivity contribution >= 4 is 17.5 Å². The van der Waals surface area contributed by atoms with Crippen LogP contribution in [-0.2, 0) is 4.79 Å². The van der Waals surface area contributed by atoms with Gasteiger partial charge in [-0.3, -0.25) is 9.59 Å². The van der Waals surface area contributed by atoms with E-state index in [1.165, 1.54) is 6.07 Å². The lowest BCUT2D eigenvalue weighted by Gasteiger charge is -2.09. The maximum atomic E-state index is 12.2. The van der Waals surface area contributed by atoms with Gasteiger partial charge in [0, 0.05) is 23.9 Å². The summed E-state index contributed by atoms with van der Waals surface area (Å²) in [6.45, 7) is 2.28. The number of ether oxygens (including phenoxy) is 1. The van der Waals surface area contributed by atoms with E-state index in [1.54, 1.807) is 42.5 Å². The minimum atomic E-state index is -0.326. The fraction of sp³-hybridized carbons (Fsp3) is 0.167.